The number of sulfone groups is 1. The summed E-state index contributed by atoms with van der Waals surface area (Å²) in [5.74, 6) is 0.732. The zero-order chi connectivity index (χ0) is 23.0. The molecule has 3 nitrogen and oxygen atoms in total. The first-order valence-electron chi connectivity index (χ1n) is 11.7. The lowest BCUT2D eigenvalue weighted by molar-refractivity contribution is 0.158. The Bertz CT molecular complexity index is 945. The molecule has 4 atom stereocenters. The van der Waals surface area contributed by atoms with Gasteiger partial charge in [0.2, 0.25) is 0 Å². The highest BCUT2D eigenvalue weighted by molar-refractivity contribution is 7.92. The van der Waals surface area contributed by atoms with Crippen LogP contribution in [0.4, 0.5) is 0 Å². The maximum Gasteiger partial charge on any atom is 0.156 e. The predicted molar refractivity (Wildman–Crippen MR) is 131 cm³/mol. The molecule has 0 aromatic heterocycles. The highest BCUT2D eigenvalue weighted by Crippen LogP contribution is 2.56. The third-order valence-corrected chi connectivity index (χ3v) is 10.1. The van der Waals surface area contributed by atoms with Gasteiger partial charge in [0.1, 0.15) is 0 Å². The Balaban J connectivity index is 1.80. The van der Waals surface area contributed by atoms with E-state index >= 15 is 0 Å². The second-order valence-corrected chi connectivity index (χ2v) is 13.3. The van der Waals surface area contributed by atoms with Crippen molar-refractivity contribution < 1.29 is 13.5 Å². The average Bonchev–Trinajstić information content (AvgIpc) is 3.03. The lowest BCUT2D eigenvalue weighted by Gasteiger charge is -2.42. The fourth-order valence-electron chi connectivity index (χ4n) is 5.56. The van der Waals surface area contributed by atoms with Gasteiger partial charge in [-0.05, 0) is 81.6 Å². The first-order chi connectivity index (χ1) is 14.3. The number of fused-ring (bicyclic) bond motifs is 1. The van der Waals surface area contributed by atoms with E-state index in [0.29, 0.717) is 12.3 Å². The number of allylic oxidation sites excluding steroid dienone is 7. The Hall–Kier alpha value is -1.39. The monoisotopic (exact) mass is 444 g/mol. The molecule has 172 valence electrons. The number of aliphatic hydroxyl groups is 1. The number of aliphatic hydroxyl groups excluding tert-OH is 1. The largest absolute Gasteiger partial charge is 0.393 e. The molecule has 0 aromatic carbocycles. The van der Waals surface area contributed by atoms with Crippen molar-refractivity contribution in [1.29, 1.82) is 0 Å². The van der Waals surface area contributed by atoms with Crippen molar-refractivity contribution in [2.75, 3.05) is 6.26 Å². The highest BCUT2D eigenvalue weighted by atomic mass is 32.2. The van der Waals surface area contributed by atoms with Gasteiger partial charge in [-0.2, -0.15) is 0 Å². The number of hydrogen-bond acceptors (Lipinski definition) is 3. The minimum Gasteiger partial charge on any atom is -0.393 e. The lowest BCUT2D eigenvalue weighted by Crippen LogP contribution is -2.32. The highest BCUT2D eigenvalue weighted by Gasteiger charge is 2.45. The normalized spacial score (nSPS) is 33.7. The minimum absolute atomic E-state index is 0.130. The van der Waals surface area contributed by atoms with Crippen molar-refractivity contribution in [3.8, 4) is 0 Å². The van der Waals surface area contributed by atoms with Gasteiger partial charge in [-0.15, -0.1) is 0 Å². The summed E-state index contributed by atoms with van der Waals surface area (Å²) in [7, 11) is -3.14. The molecule has 31 heavy (non-hydrogen) atoms. The van der Waals surface area contributed by atoms with Crippen LogP contribution >= 0.6 is 0 Å². The van der Waals surface area contributed by atoms with Gasteiger partial charge >= 0.3 is 0 Å². The SMILES string of the molecule is C=C1CCC(O)C/C1=C/C=C1\CCCC2(C)C(C(C)/C=C/C(C)(C)S(C)(=O)=O)=CCC12. The third kappa shape index (κ3) is 5.01. The molecular weight excluding hydrogens is 404 g/mol. The second kappa shape index (κ2) is 8.86. The molecule has 1 N–H and O–H groups in total. The van der Waals surface area contributed by atoms with Crippen LogP contribution in [-0.4, -0.2) is 30.6 Å². The van der Waals surface area contributed by atoms with Crippen LogP contribution < -0.4 is 0 Å². The van der Waals surface area contributed by atoms with Crippen LogP contribution in [0.3, 0.4) is 0 Å². The van der Waals surface area contributed by atoms with Crippen LogP contribution in [0.2, 0.25) is 0 Å². The molecule has 2 fully saturated rings. The summed E-state index contributed by atoms with van der Waals surface area (Å²) in [6.07, 6.45) is 18.9. The fourth-order valence-corrected chi connectivity index (χ4v) is 5.88. The molecule has 3 rings (SSSR count). The second-order valence-electron chi connectivity index (χ2n) is 10.7. The van der Waals surface area contributed by atoms with Gasteiger partial charge in [-0.3, -0.25) is 0 Å². The smallest absolute Gasteiger partial charge is 0.156 e. The molecular formula is C27H40O3S. The first-order valence-corrected chi connectivity index (χ1v) is 13.6. The average molecular weight is 445 g/mol. The quantitative estimate of drug-likeness (QED) is 0.522. The molecule has 0 spiro atoms. The van der Waals surface area contributed by atoms with Crippen LogP contribution in [0.25, 0.3) is 0 Å². The summed E-state index contributed by atoms with van der Waals surface area (Å²) in [4.78, 5) is 0. The number of rotatable bonds is 5. The summed E-state index contributed by atoms with van der Waals surface area (Å²) in [5, 5.41) is 10.0. The van der Waals surface area contributed by atoms with Crippen molar-refractivity contribution in [2.24, 2.45) is 17.3 Å². The van der Waals surface area contributed by atoms with E-state index in [0.717, 1.165) is 25.7 Å². The molecule has 4 unspecified atom stereocenters. The molecule has 4 heteroatoms. The Morgan fingerprint density at radius 3 is 2.68 bits per heavy atom. The first kappa shape index (κ1) is 24.3. The van der Waals surface area contributed by atoms with E-state index in [2.05, 4.69) is 44.7 Å². The Kier molecular flexibility index (Phi) is 6.93. The zero-order valence-electron chi connectivity index (χ0n) is 19.9. The molecule has 3 aliphatic rings. The van der Waals surface area contributed by atoms with E-state index < -0.39 is 14.6 Å². The van der Waals surface area contributed by atoms with E-state index in [-0.39, 0.29) is 17.4 Å². The van der Waals surface area contributed by atoms with E-state index in [9.17, 15) is 13.5 Å². The van der Waals surface area contributed by atoms with Crippen LogP contribution in [0, 0.1) is 17.3 Å². The summed E-state index contributed by atoms with van der Waals surface area (Å²) in [6, 6.07) is 0. The molecule has 2 saturated carbocycles. The molecule has 0 heterocycles. The van der Waals surface area contributed by atoms with Crippen molar-refractivity contribution >= 4 is 9.84 Å². The summed E-state index contributed by atoms with van der Waals surface area (Å²) < 4.78 is 23.3. The standard InChI is InChI=1S/C27H40O3S/c1-19-9-12-23(28)18-22(19)11-10-21-8-7-16-27(5)24(13-14-25(21)27)20(2)15-17-26(3,4)31(6,29)30/h10-11,13,15,17,20,23,25,28H,1,7-9,12,14,16,18H2,2-6H3/b17-15+,21-10+,22-11-. The maximum absolute atomic E-state index is 12.1. The van der Waals surface area contributed by atoms with Crippen LogP contribution in [-0.2, 0) is 9.84 Å². The predicted octanol–water partition coefficient (Wildman–Crippen LogP) is 6.09. The summed E-state index contributed by atoms with van der Waals surface area (Å²) >= 11 is 0. The molecule has 0 amide bonds. The molecule has 0 aliphatic heterocycles. The van der Waals surface area contributed by atoms with Crippen molar-refractivity contribution in [3.63, 3.8) is 0 Å². The van der Waals surface area contributed by atoms with Gasteiger partial charge in [0.05, 0.1) is 10.9 Å². The Morgan fingerprint density at radius 1 is 1.29 bits per heavy atom. The van der Waals surface area contributed by atoms with Crippen molar-refractivity contribution in [1.82, 2.24) is 0 Å². The van der Waals surface area contributed by atoms with E-state index in [1.54, 1.807) is 13.8 Å². The molecule has 0 saturated heterocycles. The molecule has 0 aromatic rings. The molecule has 0 radical (unpaired) electrons. The Labute approximate surface area is 189 Å². The minimum atomic E-state index is -3.14. The fraction of sp³-hybridized carbons (Fsp3) is 0.630. The van der Waals surface area contributed by atoms with Crippen molar-refractivity contribution in [3.05, 3.63) is 59.3 Å². The Morgan fingerprint density at radius 2 is 2.00 bits per heavy atom. The summed E-state index contributed by atoms with van der Waals surface area (Å²) in [5.41, 5.74) is 5.45. The lowest BCUT2D eigenvalue weighted by atomic mass is 9.62. The molecule has 0 bridgehead atoms. The topological polar surface area (TPSA) is 54.4 Å². The van der Waals surface area contributed by atoms with Crippen LogP contribution in [0.1, 0.15) is 72.6 Å². The van der Waals surface area contributed by atoms with Gasteiger partial charge < -0.3 is 5.11 Å². The summed E-state index contributed by atoms with van der Waals surface area (Å²) in [6.45, 7) is 12.3. The van der Waals surface area contributed by atoms with E-state index in [1.165, 1.54) is 41.4 Å². The molecule has 3 aliphatic carbocycles. The van der Waals surface area contributed by atoms with Gasteiger partial charge in [0.25, 0.3) is 0 Å². The van der Waals surface area contributed by atoms with E-state index in [4.69, 9.17) is 0 Å². The van der Waals surface area contributed by atoms with Crippen molar-refractivity contribution in [2.45, 2.75) is 83.5 Å². The van der Waals surface area contributed by atoms with Gasteiger partial charge in [-0.25, -0.2) is 8.42 Å². The van der Waals surface area contributed by atoms with Gasteiger partial charge in [-0.1, -0.05) is 67.5 Å². The van der Waals surface area contributed by atoms with E-state index in [1.807, 2.05) is 6.08 Å². The maximum atomic E-state index is 12.1. The van der Waals surface area contributed by atoms with Gasteiger partial charge in [0, 0.05) is 6.26 Å². The van der Waals surface area contributed by atoms with Crippen LogP contribution in [0.5, 0.6) is 0 Å². The number of hydrogen-bond donors (Lipinski definition) is 1. The zero-order valence-corrected chi connectivity index (χ0v) is 20.8. The third-order valence-electron chi connectivity index (χ3n) is 8.03. The van der Waals surface area contributed by atoms with Gasteiger partial charge in [0.15, 0.2) is 9.84 Å². The van der Waals surface area contributed by atoms with Crippen LogP contribution in [0.15, 0.2) is 59.3 Å².